The van der Waals surface area contributed by atoms with Crippen LogP contribution < -0.4 is 24.7 Å². The van der Waals surface area contributed by atoms with Crippen LogP contribution in [0.1, 0.15) is 29.4 Å². The first-order valence-corrected chi connectivity index (χ1v) is 7.86. The molecule has 0 spiro atoms. The summed E-state index contributed by atoms with van der Waals surface area (Å²) in [5.74, 6) is 3.57. The van der Waals surface area contributed by atoms with Crippen LogP contribution in [0.4, 0.5) is 5.69 Å². The second-order valence-electron chi connectivity index (χ2n) is 5.91. The molecule has 2 aromatic rings. The summed E-state index contributed by atoms with van der Waals surface area (Å²) < 4.78 is 21.5. The molecule has 3 rings (SSSR count). The molecule has 1 aliphatic rings. The number of anilines is 1. The van der Waals surface area contributed by atoms with Gasteiger partial charge < -0.3 is 24.7 Å². The molecule has 1 fully saturated rings. The first kappa shape index (κ1) is 16.3. The molecular weight excluding hydrogens is 306 g/mol. The van der Waals surface area contributed by atoms with E-state index in [1.54, 1.807) is 28.4 Å². The highest BCUT2D eigenvalue weighted by molar-refractivity contribution is 5.58. The molecule has 1 saturated carbocycles. The smallest absolute Gasteiger partial charge is 0.203 e. The predicted octanol–water partition coefficient (Wildman–Crippen LogP) is 3.57. The summed E-state index contributed by atoms with van der Waals surface area (Å²) in [5, 5.41) is 0. The minimum atomic E-state index is 0.423. The van der Waals surface area contributed by atoms with Crippen LogP contribution in [-0.2, 0) is 0 Å². The topological polar surface area (TPSA) is 62.9 Å². The van der Waals surface area contributed by atoms with E-state index in [1.807, 2.05) is 24.3 Å². The molecule has 0 saturated heterocycles. The Morgan fingerprint density at radius 1 is 0.750 bits per heavy atom. The Bertz CT molecular complexity index is 719. The lowest BCUT2D eigenvalue weighted by atomic mass is 10.0. The highest BCUT2D eigenvalue weighted by atomic mass is 16.5. The quantitative estimate of drug-likeness (QED) is 0.821. The predicted molar refractivity (Wildman–Crippen MR) is 93.6 cm³/mol. The molecule has 1 aliphatic carbocycles. The van der Waals surface area contributed by atoms with Gasteiger partial charge in [-0.25, -0.2) is 0 Å². The normalized spacial score (nSPS) is 18.8. The third-order valence-electron chi connectivity index (χ3n) is 4.59. The van der Waals surface area contributed by atoms with Crippen LogP contribution in [0.2, 0.25) is 0 Å². The van der Waals surface area contributed by atoms with E-state index >= 15 is 0 Å². The fourth-order valence-corrected chi connectivity index (χ4v) is 3.23. The van der Waals surface area contributed by atoms with Crippen molar-refractivity contribution in [1.29, 1.82) is 0 Å². The van der Waals surface area contributed by atoms with Crippen LogP contribution in [0, 0.1) is 0 Å². The molecule has 2 N–H and O–H groups in total. The van der Waals surface area contributed by atoms with Crippen molar-refractivity contribution in [3.63, 3.8) is 0 Å². The van der Waals surface area contributed by atoms with Crippen LogP contribution in [0.5, 0.6) is 23.0 Å². The van der Waals surface area contributed by atoms with Crippen molar-refractivity contribution in [2.24, 2.45) is 0 Å². The highest BCUT2D eigenvalue weighted by Gasteiger charge is 2.40. The summed E-state index contributed by atoms with van der Waals surface area (Å²) in [4.78, 5) is 0. The molecule has 0 heterocycles. The van der Waals surface area contributed by atoms with Crippen LogP contribution in [0.15, 0.2) is 30.3 Å². The van der Waals surface area contributed by atoms with Crippen LogP contribution in [0.3, 0.4) is 0 Å². The fraction of sp³-hybridized carbons (Fsp3) is 0.368. The van der Waals surface area contributed by atoms with Gasteiger partial charge >= 0.3 is 0 Å². The number of nitrogens with two attached hydrogens (primary N) is 1. The first-order chi connectivity index (χ1) is 11.6. The zero-order chi connectivity index (χ0) is 17.3. The van der Waals surface area contributed by atoms with Crippen molar-refractivity contribution in [1.82, 2.24) is 0 Å². The van der Waals surface area contributed by atoms with E-state index in [9.17, 15) is 0 Å². The highest BCUT2D eigenvalue weighted by Crippen LogP contribution is 2.57. The Morgan fingerprint density at radius 2 is 1.33 bits per heavy atom. The Labute approximate surface area is 142 Å². The van der Waals surface area contributed by atoms with Gasteiger partial charge in [0.1, 0.15) is 5.75 Å². The van der Waals surface area contributed by atoms with Crippen LogP contribution >= 0.6 is 0 Å². The summed E-state index contributed by atoms with van der Waals surface area (Å²) in [6.45, 7) is 0. The summed E-state index contributed by atoms with van der Waals surface area (Å²) in [5.41, 5.74) is 9.11. The third kappa shape index (κ3) is 2.82. The Kier molecular flexibility index (Phi) is 4.42. The summed E-state index contributed by atoms with van der Waals surface area (Å²) in [7, 11) is 6.51. The Hall–Kier alpha value is -2.56. The van der Waals surface area contributed by atoms with Crippen molar-refractivity contribution in [3.05, 3.63) is 41.5 Å². The maximum Gasteiger partial charge on any atom is 0.203 e. The number of rotatable bonds is 6. The standard InChI is InChI=1S/C19H23NO4/c1-21-16-6-5-11(7-15(16)20)13-10-14(13)12-8-17(22-2)19(24-4)18(9-12)23-3/h5-9,13-14H,10,20H2,1-4H3. The van der Waals surface area contributed by atoms with E-state index in [0.717, 1.165) is 6.42 Å². The van der Waals surface area contributed by atoms with Gasteiger partial charge in [0.25, 0.3) is 0 Å². The van der Waals surface area contributed by atoms with Gasteiger partial charge in [-0.3, -0.25) is 0 Å². The molecule has 0 radical (unpaired) electrons. The number of hydrogen-bond donors (Lipinski definition) is 1. The average molecular weight is 329 g/mol. The molecule has 128 valence electrons. The monoisotopic (exact) mass is 329 g/mol. The minimum absolute atomic E-state index is 0.423. The molecule has 0 bridgehead atoms. The van der Waals surface area contributed by atoms with E-state index in [-0.39, 0.29) is 0 Å². The first-order valence-electron chi connectivity index (χ1n) is 7.86. The molecule has 2 unspecified atom stereocenters. The number of ether oxygens (including phenoxy) is 4. The largest absolute Gasteiger partial charge is 0.495 e. The van der Waals surface area contributed by atoms with Crippen molar-refractivity contribution < 1.29 is 18.9 Å². The maximum atomic E-state index is 6.03. The number of methoxy groups -OCH3 is 4. The third-order valence-corrected chi connectivity index (χ3v) is 4.59. The summed E-state index contributed by atoms with van der Waals surface area (Å²) in [6, 6.07) is 10.1. The number of hydrogen-bond acceptors (Lipinski definition) is 5. The molecule has 0 aliphatic heterocycles. The van der Waals surface area contributed by atoms with E-state index in [4.69, 9.17) is 24.7 Å². The van der Waals surface area contributed by atoms with E-state index in [1.165, 1.54) is 11.1 Å². The van der Waals surface area contributed by atoms with Gasteiger partial charge in [0, 0.05) is 0 Å². The van der Waals surface area contributed by atoms with E-state index < -0.39 is 0 Å². The lowest BCUT2D eigenvalue weighted by Crippen LogP contribution is -1.97. The van der Waals surface area contributed by atoms with Gasteiger partial charge in [-0.2, -0.15) is 0 Å². The molecule has 0 amide bonds. The molecule has 2 atom stereocenters. The van der Waals surface area contributed by atoms with E-state index in [0.29, 0.717) is 40.5 Å². The zero-order valence-electron chi connectivity index (χ0n) is 14.5. The Morgan fingerprint density at radius 3 is 1.83 bits per heavy atom. The average Bonchev–Trinajstić information content (AvgIpc) is 3.41. The number of benzene rings is 2. The SMILES string of the molecule is COc1ccc(C2CC2c2cc(OC)c(OC)c(OC)c2)cc1N. The number of nitrogen functional groups attached to an aromatic ring is 1. The van der Waals surface area contributed by atoms with Crippen molar-refractivity contribution in [2.45, 2.75) is 18.3 Å². The lowest BCUT2D eigenvalue weighted by Gasteiger charge is -2.14. The van der Waals surface area contributed by atoms with Gasteiger partial charge in [0.05, 0.1) is 34.1 Å². The molecule has 24 heavy (non-hydrogen) atoms. The minimum Gasteiger partial charge on any atom is -0.495 e. The van der Waals surface area contributed by atoms with Gasteiger partial charge in [-0.1, -0.05) is 6.07 Å². The molecule has 0 aromatic heterocycles. The van der Waals surface area contributed by atoms with E-state index in [2.05, 4.69) is 6.07 Å². The summed E-state index contributed by atoms with van der Waals surface area (Å²) in [6.07, 6.45) is 1.07. The maximum absolute atomic E-state index is 6.03. The van der Waals surface area contributed by atoms with Gasteiger partial charge in [-0.05, 0) is 53.6 Å². The lowest BCUT2D eigenvalue weighted by molar-refractivity contribution is 0.324. The van der Waals surface area contributed by atoms with Gasteiger partial charge in [0.2, 0.25) is 5.75 Å². The molecule has 2 aromatic carbocycles. The van der Waals surface area contributed by atoms with Gasteiger partial charge in [0.15, 0.2) is 11.5 Å². The fourth-order valence-electron chi connectivity index (χ4n) is 3.23. The molecule has 5 nitrogen and oxygen atoms in total. The van der Waals surface area contributed by atoms with Crippen molar-refractivity contribution >= 4 is 5.69 Å². The van der Waals surface area contributed by atoms with Crippen molar-refractivity contribution in [2.75, 3.05) is 34.2 Å². The van der Waals surface area contributed by atoms with Gasteiger partial charge in [-0.15, -0.1) is 0 Å². The summed E-state index contributed by atoms with van der Waals surface area (Å²) >= 11 is 0. The second kappa shape index (κ2) is 6.51. The van der Waals surface area contributed by atoms with Crippen molar-refractivity contribution in [3.8, 4) is 23.0 Å². The van der Waals surface area contributed by atoms with Crippen LogP contribution in [-0.4, -0.2) is 28.4 Å². The molecule has 5 heteroatoms. The van der Waals surface area contributed by atoms with Crippen LogP contribution in [0.25, 0.3) is 0 Å². The molecular formula is C19H23NO4. The Balaban J connectivity index is 1.88. The zero-order valence-corrected chi connectivity index (χ0v) is 14.5. The second-order valence-corrected chi connectivity index (χ2v) is 5.91.